The van der Waals surface area contributed by atoms with Crippen molar-refractivity contribution in [2.24, 2.45) is 11.8 Å². The van der Waals surface area contributed by atoms with Gasteiger partial charge >= 0.3 is 0 Å². The van der Waals surface area contributed by atoms with Crippen LogP contribution in [0, 0.1) is 11.8 Å². The Labute approximate surface area is 191 Å². The van der Waals surface area contributed by atoms with E-state index in [1.807, 2.05) is 0 Å². The van der Waals surface area contributed by atoms with Crippen molar-refractivity contribution in [3.63, 3.8) is 0 Å². The van der Waals surface area contributed by atoms with E-state index in [0.717, 1.165) is 57.8 Å². The first kappa shape index (κ1) is 22.5. The maximum atomic E-state index is 12.4. The Kier molecular flexibility index (Phi) is 7.55. The molecule has 1 aliphatic heterocycles. The second kappa shape index (κ2) is 10.7. The second-order valence-electron chi connectivity index (χ2n) is 9.10. The van der Waals surface area contributed by atoms with Crippen LogP contribution < -0.4 is 10.6 Å². The summed E-state index contributed by atoms with van der Waals surface area (Å²) in [7, 11) is 0. The SMILES string of the molecule is CC1CC1C(=O)Nc1ccc(C(=O)NCCCN2CCN(Cc3ccccc3)CC2)cc1. The lowest BCUT2D eigenvalue weighted by molar-refractivity contribution is -0.117. The standard InChI is InChI=1S/C26H34N4O2/c1-20-18-24(20)26(32)28-23-10-8-22(9-11-23)25(31)27-12-5-13-29-14-16-30(17-15-29)19-21-6-3-2-4-7-21/h2-4,6-11,20,24H,5,12-19H2,1H3,(H,27,31)(H,28,32). The van der Waals surface area contributed by atoms with E-state index in [-0.39, 0.29) is 17.7 Å². The molecule has 2 atom stereocenters. The summed E-state index contributed by atoms with van der Waals surface area (Å²) in [6.45, 7) is 9.11. The summed E-state index contributed by atoms with van der Waals surface area (Å²) in [5.41, 5.74) is 2.74. The van der Waals surface area contributed by atoms with Gasteiger partial charge in [0.05, 0.1) is 0 Å². The zero-order valence-corrected chi connectivity index (χ0v) is 18.9. The van der Waals surface area contributed by atoms with Crippen molar-refractivity contribution in [3.8, 4) is 0 Å². The molecule has 2 fully saturated rings. The Bertz CT molecular complexity index is 892. The normalized spacial score (nSPS) is 21.2. The first-order valence-electron chi connectivity index (χ1n) is 11.8. The van der Waals surface area contributed by atoms with Crippen molar-refractivity contribution in [2.75, 3.05) is 44.6 Å². The lowest BCUT2D eigenvalue weighted by Crippen LogP contribution is -2.46. The Morgan fingerprint density at radius 2 is 1.59 bits per heavy atom. The number of carbonyl (C=O) groups excluding carboxylic acids is 2. The molecule has 0 bridgehead atoms. The molecule has 2 aliphatic rings. The molecule has 1 saturated heterocycles. The molecule has 1 saturated carbocycles. The molecule has 2 N–H and O–H groups in total. The number of nitrogens with one attached hydrogen (secondary N) is 2. The predicted octanol–water partition coefficient (Wildman–Crippen LogP) is 3.22. The maximum absolute atomic E-state index is 12.4. The number of amides is 2. The van der Waals surface area contributed by atoms with Crippen LogP contribution in [0.1, 0.15) is 35.7 Å². The topological polar surface area (TPSA) is 64.7 Å². The van der Waals surface area contributed by atoms with Crippen LogP contribution in [0.3, 0.4) is 0 Å². The molecule has 1 heterocycles. The largest absolute Gasteiger partial charge is 0.352 e. The summed E-state index contributed by atoms with van der Waals surface area (Å²) in [4.78, 5) is 29.4. The van der Waals surface area contributed by atoms with Gasteiger partial charge in [0.25, 0.3) is 5.91 Å². The van der Waals surface area contributed by atoms with E-state index in [1.54, 1.807) is 24.3 Å². The van der Waals surface area contributed by atoms with E-state index >= 15 is 0 Å². The highest BCUT2D eigenvalue weighted by Crippen LogP contribution is 2.38. The number of carbonyl (C=O) groups is 2. The molecular formula is C26H34N4O2. The van der Waals surface area contributed by atoms with Crippen LogP contribution in [0.5, 0.6) is 0 Å². The van der Waals surface area contributed by atoms with Crippen molar-refractivity contribution in [1.29, 1.82) is 0 Å². The van der Waals surface area contributed by atoms with Gasteiger partial charge in [-0.2, -0.15) is 0 Å². The molecular weight excluding hydrogens is 400 g/mol. The Morgan fingerprint density at radius 1 is 0.938 bits per heavy atom. The number of hydrogen-bond acceptors (Lipinski definition) is 4. The molecule has 2 aromatic rings. The van der Waals surface area contributed by atoms with Crippen LogP contribution >= 0.6 is 0 Å². The summed E-state index contributed by atoms with van der Waals surface area (Å²) < 4.78 is 0. The van der Waals surface area contributed by atoms with Crippen LogP contribution in [-0.4, -0.2) is 60.9 Å². The molecule has 170 valence electrons. The highest BCUT2D eigenvalue weighted by molar-refractivity contribution is 5.96. The predicted molar refractivity (Wildman–Crippen MR) is 127 cm³/mol. The molecule has 2 aromatic carbocycles. The lowest BCUT2D eigenvalue weighted by Gasteiger charge is -2.34. The minimum absolute atomic E-state index is 0.0635. The molecule has 1 aliphatic carbocycles. The van der Waals surface area contributed by atoms with Crippen molar-refractivity contribution in [3.05, 3.63) is 65.7 Å². The van der Waals surface area contributed by atoms with Crippen LogP contribution in [0.25, 0.3) is 0 Å². The fraction of sp³-hybridized carbons (Fsp3) is 0.462. The van der Waals surface area contributed by atoms with Gasteiger partial charge < -0.3 is 15.5 Å². The summed E-state index contributed by atoms with van der Waals surface area (Å²) >= 11 is 0. The smallest absolute Gasteiger partial charge is 0.251 e. The first-order valence-corrected chi connectivity index (χ1v) is 11.8. The molecule has 4 rings (SSSR count). The van der Waals surface area contributed by atoms with Gasteiger partial charge in [-0.1, -0.05) is 37.3 Å². The highest BCUT2D eigenvalue weighted by Gasteiger charge is 2.39. The third-order valence-electron chi connectivity index (χ3n) is 6.51. The second-order valence-corrected chi connectivity index (χ2v) is 9.10. The van der Waals surface area contributed by atoms with E-state index in [2.05, 4.69) is 57.7 Å². The Morgan fingerprint density at radius 3 is 2.25 bits per heavy atom. The molecule has 0 radical (unpaired) electrons. The molecule has 2 amide bonds. The van der Waals surface area contributed by atoms with E-state index in [0.29, 0.717) is 18.0 Å². The molecule has 0 spiro atoms. The van der Waals surface area contributed by atoms with Crippen LogP contribution in [0.15, 0.2) is 54.6 Å². The summed E-state index contributed by atoms with van der Waals surface area (Å²) in [5.74, 6) is 0.644. The molecule has 6 heteroatoms. The van der Waals surface area contributed by atoms with Crippen LogP contribution in [0.4, 0.5) is 5.69 Å². The van der Waals surface area contributed by atoms with Gasteiger partial charge in [-0.15, -0.1) is 0 Å². The zero-order valence-electron chi connectivity index (χ0n) is 18.9. The van der Waals surface area contributed by atoms with Gasteiger partial charge in [-0.05, 0) is 55.1 Å². The Balaban J connectivity index is 1.10. The average molecular weight is 435 g/mol. The van der Waals surface area contributed by atoms with Gasteiger partial charge in [-0.25, -0.2) is 0 Å². The molecule has 2 unspecified atom stereocenters. The number of anilines is 1. The van der Waals surface area contributed by atoms with Crippen molar-refractivity contribution in [1.82, 2.24) is 15.1 Å². The van der Waals surface area contributed by atoms with Crippen molar-refractivity contribution < 1.29 is 9.59 Å². The number of benzene rings is 2. The number of nitrogens with zero attached hydrogens (tertiary/aromatic N) is 2. The van der Waals surface area contributed by atoms with Gasteiger partial charge in [-0.3, -0.25) is 14.5 Å². The number of rotatable bonds is 9. The van der Waals surface area contributed by atoms with Crippen molar-refractivity contribution in [2.45, 2.75) is 26.3 Å². The fourth-order valence-electron chi connectivity index (χ4n) is 4.25. The summed E-state index contributed by atoms with van der Waals surface area (Å²) in [6, 6.07) is 17.8. The fourth-order valence-corrected chi connectivity index (χ4v) is 4.25. The van der Waals surface area contributed by atoms with Gasteiger partial charge in [0, 0.05) is 56.4 Å². The molecule has 6 nitrogen and oxygen atoms in total. The molecule has 0 aromatic heterocycles. The van der Waals surface area contributed by atoms with E-state index in [9.17, 15) is 9.59 Å². The quantitative estimate of drug-likeness (QED) is 0.595. The van der Waals surface area contributed by atoms with E-state index in [1.165, 1.54) is 5.56 Å². The lowest BCUT2D eigenvalue weighted by atomic mass is 10.2. The van der Waals surface area contributed by atoms with Crippen molar-refractivity contribution >= 4 is 17.5 Å². The summed E-state index contributed by atoms with van der Waals surface area (Å²) in [5, 5.41) is 5.94. The van der Waals surface area contributed by atoms with Crippen LogP contribution in [-0.2, 0) is 11.3 Å². The van der Waals surface area contributed by atoms with Gasteiger partial charge in [0.1, 0.15) is 0 Å². The Hall–Kier alpha value is -2.70. The maximum Gasteiger partial charge on any atom is 0.251 e. The minimum Gasteiger partial charge on any atom is -0.352 e. The number of hydrogen-bond donors (Lipinski definition) is 2. The van der Waals surface area contributed by atoms with E-state index in [4.69, 9.17) is 0 Å². The monoisotopic (exact) mass is 434 g/mol. The number of piperazine rings is 1. The van der Waals surface area contributed by atoms with Crippen LogP contribution in [0.2, 0.25) is 0 Å². The zero-order chi connectivity index (χ0) is 22.3. The first-order chi connectivity index (χ1) is 15.6. The van der Waals surface area contributed by atoms with Gasteiger partial charge in [0.15, 0.2) is 0 Å². The summed E-state index contributed by atoms with van der Waals surface area (Å²) in [6.07, 6.45) is 1.91. The van der Waals surface area contributed by atoms with E-state index < -0.39 is 0 Å². The van der Waals surface area contributed by atoms with Gasteiger partial charge in [0.2, 0.25) is 5.91 Å². The minimum atomic E-state index is -0.0635. The third-order valence-corrected chi connectivity index (χ3v) is 6.51. The highest BCUT2D eigenvalue weighted by atomic mass is 16.2. The molecule has 32 heavy (non-hydrogen) atoms. The third kappa shape index (κ3) is 6.40. The average Bonchev–Trinajstić information content (AvgIpc) is 3.55.